The third kappa shape index (κ3) is 4.87. The molecule has 1 saturated heterocycles. The zero-order valence-corrected chi connectivity index (χ0v) is 16.1. The number of aliphatic hydroxyl groups is 1. The van der Waals surface area contributed by atoms with Crippen molar-refractivity contribution in [3.05, 3.63) is 35.4 Å². The van der Waals surface area contributed by atoms with Gasteiger partial charge in [0.25, 0.3) is 5.91 Å². The van der Waals surface area contributed by atoms with Gasteiger partial charge in [-0.3, -0.25) is 4.79 Å². The molecule has 1 amide bonds. The van der Waals surface area contributed by atoms with E-state index in [0.29, 0.717) is 24.0 Å². The van der Waals surface area contributed by atoms with Crippen LogP contribution in [0.4, 0.5) is 0 Å². The number of sulfone groups is 1. The minimum atomic E-state index is -3.20. The van der Waals surface area contributed by atoms with Crippen molar-refractivity contribution in [3.63, 3.8) is 0 Å². The number of nitrogens with one attached hydrogen (secondary N) is 1. The number of ether oxygens (including phenoxy) is 1. The summed E-state index contributed by atoms with van der Waals surface area (Å²) in [6.45, 7) is 1.77. The zero-order chi connectivity index (χ0) is 20.1. The topological polar surface area (TPSA) is 110 Å². The normalized spacial score (nSPS) is 17.6. The maximum Gasteiger partial charge on any atom is 0.329 e. The van der Waals surface area contributed by atoms with Crippen LogP contribution in [0, 0.1) is 17.3 Å². The molecule has 1 heterocycles. The molecule has 1 aromatic carbocycles. The molecule has 0 aliphatic carbocycles. The molecule has 2 N–H and O–H groups in total. The second kappa shape index (κ2) is 8.55. The van der Waals surface area contributed by atoms with E-state index in [9.17, 15) is 18.0 Å². The Bertz CT molecular complexity index is 852. The number of esters is 1. The van der Waals surface area contributed by atoms with Crippen LogP contribution in [0.2, 0.25) is 0 Å². The number of hydrogen-bond acceptors (Lipinski definition) is 6. The number of hydrogen-bond donors (Lipinski definition) is 2. The molecule has 1 fully saturated rings. The third-order valence-electron chi connectivity index (χ3n) is 4.66. The van der Waals surface area contributed by atoms with Crippen LogP contribution in [0.1, 0.15) is 35.7 Å². The molecule has 146 valence electrons. The van der Waals surface area contributed by atoms with E-state index in [2.05, 4.69) is 17.2 Å². The van der Waals surface area contributed by atoms with Gasteiger partial charge in [0.1, 0.15) is 6.04 Å². The van der Waals surface area contributed by atoms with Crippen LogP contribution >= 0.6 is 0 Å². The van der Waals surface area contributed by atoms with Crippen LogP contribution < -0.4 is 5.32 Å². The zero-order valence-electron chi connectivity index (χ0n) is 15.3. The van der Waals surface area contributed by atoms with E-state index in [1.165, 1.54) is 7.11 Å². The number of rotatable bonds is 6. The highest BCUT2D eigenvalue weighted by molar-refractivity contribution is 7.92. The predicted molar refractivity (Wildman–Crippen MR) is 99.7 cm³/mol. The second-order valence-corrected chi connectivity index (χ2v) is 8.60. The van der Waals surface area contributed by atoms with Crippen LogP contribution in [0.15, 0.2) is 24.3 Å². The lowest BCUT2D eigenvalue weighted by Gasteiger charge is -2.44. The Morgan fingerprint density at radius 2 is 1.93 bits per heavy atom. The molecule has 2 rings (SSSR count). The first-order valence-electron chi connectivity index (χ1n) is 8.56. The van der Waals surface area contributed by atoms with Gasteiger partial charge >= 0.3 is 5.97 Å². The fourth-order valence-electron chi connectivity index (χ4n) is 3.13. The molecule has 7 nitrogen and oxygen atoms in total. The van der Waals surface area contributed by atoms with Gasteiger partial charge in [0.2, 0.25) is 0 Å². The van der Waals surface area contributed by atoms with Gasteiger partial charge in [-0.15, -0.1) is 0 Å². The highest BCUT2D eigenvalue weighted by Crippen LogP contribution is 2.40. The number of benzene rings is 1. The smallest absolute Gasteiger partial charge is 0.329 e. The fraction of sp³-hybridized carbons (Fsp3) is 0.474. The number of amides is 1. The lowest BCUT2D eigenvalue weighted by Crippen LogP contribution is -2.63. The van der Waals surface area contributed by atoms with E-state index in [4.69, 9.17) is 9.84 Å². The molecule has 27 heavy (non-hydrogen) atoms. The fourth-order valence-corrected chi connectivity index (χ4v) is 5.54. The molecule has 1 aliphatic rings. The average molecular weight is 393 g/mol. The monoisotopic (exact) mass is 393 g/mol. The summed E-state index contributed by atoms with van der Waals surface area (Å²) in [5, 5.41) is 11.4. The van der Waals surface area contributed by atoms with E-state index < -0.39 is 33.2 Å². The highest BCUT2D eigenvalue weighted by atomic mass is 32.2. The van der Waals surface area contributed by atoms with Crippen LogP contribution in [0.3, 0.4) is 0 Å². The summed E-state index contributed by atoms with van der Waals surface area (Å²) in [7, 11) is -1.99. The van der Waals surface area contributed by atoms with Crippen LogP contribution in [0.25, 0.3) is 0 Å². The molecule has 1 atom stereocenters. The lowest BCUT2D eigenvalue weighted by molar-refractivity contribution is -0.146. The van der Waals surface area contributed by atoms with Crippen molar-refractivity contribution in [1.82, 2.24) is 5.32 Å². The maximum atomic E-state index is 12.6. The first-order chi connectivity index (χ1) is 12.8. The Labute approximate surface area is 159 Å². The summed E-state index contributed by atoms with van der Waals surface area (Å²) in [4.78, 5) is 24.8. The lowest BCUT2D eigenvalue weighted by atomic mass is 9.80. The van der Waals surface area contributed by atoms with Gasteiger partial charge < -0.3 is 15.2 Å². The van der Waals surface area contributed by atoms with E-state index in [1.54, 1.807) is 31.2 Å². The quantitative estimate of drug-likeness (QED) is 0.539. The molecule has 0 spiro atoms. The Hall–Kier alpha value is -2.37. The first kappa shape index (κ1) is 20.9. The standard InChI is InChI=1S/C19H23NO6S/c1-3-19(12-27(24,25)13-19)16(18(23)26-2)20-17(22)15-9-7-14(8-10-15)6-4-5-11-21/h7-10,16,21H,3,5,11-13H2,1-2H3,(H,20,22). The summed E-state index contributed by atoms with van der Waals surface area (Å²) < 4.78 is 28.2. The van der Waals surface area contributed by atoms with Crippen molar-refractivity contribution in [2.24, 2.45) is 5.41 Å². The van der Waals surface area contributed by atoms with Crippen LogP contribution in [-0.4, -0.2) is 56.7 Å². The van der Waals surface area contributed by atoms with E-state index >= 15 is 0 Å². The Morgan fingerprint density at radius 1 is 1.30 bits per heavy atom. The van der Waals surface area contributed by atoms with E-state index in [1.807, 2.05) is 0 Å². The molecule has 0 radical (unpaired) electrons. The minimum absolute atomic E-state index is 0.0166. The number of methoxy groups -OCH3 is 1. The van der Waals surface area contributed by atoms with Crippen molar-refractivity contribution >= 4 is 21.7 Å². The van der Waals surface area contributed by atoms with Gasteiger partial charge in [-0.05, 0) is 30.7 Å². The van der Waals surface area contributed by atoms with Crippen molar-refractivity contribution in [1.29, 1.82) is 0 Å². The maximum absolute atomic E-state index is 12.6. The first-order valence-corrected chi connectivity index (χ1v) is 10.4. The molecule has 1 aromatic rings. The van der Waals surface area contributed by atoms with Gasteiger partial charge in [-0.2, -0.15) is 0 Å². The molecule has 0 saturated carbocycles. The van der Waals surface area contributed by atoms with Crippen molar-refractivity contribution in [3.8, 4) is 11.8 Å². The van der Waals surface area contributed by atoms with Crippen LogP contribution in [-0.2, 0) is 19.4 Å². The molecule has 8 heteroatoms. The number of carbonyl (C=O) groups excluding carboxylic acids is 2. The summed E-state index contributed by atoms with van der Waals surface area (Å²) in [6.07, 6.45) is 0.788. The van der Waals surface area contributed by atoms with Gasteiger partial charge in [0, 0.05) is 23.0 Å². The summed E-state index contributed by atoms with van der Waals surface area (Å²) in [5.74, 6) is 4.18. The average Bonchev–Trinajstić information content (AvgIpc) is 2.63. The minimum Gasteiger partial charge on any atom is -0.467 e. The number of aliphatic hydroxyl groups excluding tert-OH is 1. The van der Waals surface area contributed by atoms with Gasteiger partial charge in [-0.25, -0.2) is 13.2 Å². The molecule has 0 aromatic heterocycles. The second-order valence-electron chi connectivity index (χ2n) is 6.53. The highest BCUT2D eigenvalue weighted by Gasteiger charge is 2.55. The third-order valence-corrected chi connectivity index (χ3v) is 6.69. The van der Waals surface area contributed by atoms with E-state index in [0.717, 1.165) is 0 Å². The summed E-state index contributed by atoms with van der Waals surface area (Å²) in [6, 6.07) is 5.43. The van der Waals surface area contributed by atoms with Crippen molar-refractivity contribution in [2.75, 3.05) is 25.2 Å². The Kier molecular flexibility index (Phi) is 6.63. The predicted octanol–water partition coefficient (Wildman–Crippen LogP) is 0.517. The largest absolute Gasteiger partial charge is 0.467 e. The summed E-state index contributed by atoms with van der Waals surface area (Å²) >= 11 is 0. The Balaban J connectivity index is 2.17. The van der Waals surface area contributed by atoms with Crippen molar-refractivity contribution in [2.45, 2.75) is 25.8 Å². The molecule has 0 bridgehead atoms. The van der Waals surface area contributed by atoms with E-state index in [-0.39, 0.29) is 18.1 Å². The van der Waals surface area contributed by atoms with Crippen LogP contribution in [0.5, 0.6) is 0 Å². The van der Waals surface area contributed by atoms with Gasteiger partial charge in [-0.1, -0.05) is 18.8 Å². The summed E-state index contributed by atoms with van der Waals surface area (Å²) in [5.41, 5.74) is 0.168. The molecular formula is C19H23NO6S. The van der Waals surface area contributed by atoms with Gasteiger partial charge in [0.05, 0.1) is 25.2 Å². The Morgan fingerprint density at radius 3 is 2.41 bits per heavy atom. The molecular weight excluding hydrogens is 370 g/mol. The number of carbonyl (C=O) groups is 2. The molecule has 1 aliphatic heterocycles. The van der Waals surface area contributed by atoms with Crippen molar-refractivity contribution < 1.29 is 27.9 Å². The molecule has 1 unspecified atom stereocenters. The SMILES string of the molecule is CCC1(C(NC(=O)c2ccc(C#CCCO)cc2)C(=O)OC)CS(=O)(=O)C1. The van der Waals surface area contributed by atoms with Gasteiger partial charge in [0.15, 0.2) is 9.84 Å².